The number of anilines is 1. The van der Waals surface area contributed by atoms with Crippen LogP contribution in [0.25, 0.3) is 11.2 Å². The van der Waals surface area contributed by atoms with Crippen molar-refractivity contribution < 1.29 is 0 Å². The number of fused-ring (bicyclic) bond motifs is 1. The lowest BCUT2D eigenvalue weighted by atomic mass is 10.1. The quantitative estimate of drug-likeness (QED) is 0.555. The maximum Gasteiger partial charge on any atom is 0.226 e. The fourth-order valence-electron chi connectivity index (χ4n) is 2.43. The van der Waals surface area contributed by atoms with Gasteiger partial charge in [0.15, 0.2) is 11.5 Å². The topological polar surface area (TPSA) is 55.6 Å². The van der Waals surface area contributed by atoms with E-state index in [4.69, 9.17) is 11.6 Å². The summed E-state index contributed by atoms with van der Waals surface area (Å²) in [6.45, 7) is 6.06. The number of nitrogens with one attached hydrogen (secondary N) is 1. The lowest BCUT2D eigenvalue weighted by molar-refractivity contribution is 0.617. The minimum absolute atomic E-state index is 0.245. The molecule has 21 heavy (non-hydrogen) atoms. The molecule has 0 fully saturated rings. The third kappa shape index (κ3) is 4.30. The van der Waals surface area contributed by atoms with Gasteiger partial charge in [-0.3, -0.25) is 0 Å². The highest BCUT2D eigenvalue weighted by Gasteiger charge is 2.11. The van der Waals surface area contributed by atoms with Crippen molar-refractivity contribution in [3.63, 3.8) is 0 Å². The second-order valence-electron chi connectivity index (χ2n) is 5.24. The molecule has 0 saturated heterocycles. The van der Waals surface area contributed by atoms with Crippen LogP contribution >= 0.6 is 11.6 Å². The largest absolute Gasteiger partial charge is 0.368 e. The Morgan fingerprint density at radius 2 is 1.86 bits per heavy atom. The predicted octanol–water partition coefficient (Wildman–Crippen LogP) is 4.27. The predicted molar refractivity (Wildman–Crippen MR) is 87.9 cm³/mol. The van der Waals surface area contributed by atoms with E-state index < -0.39 is 0 Å². The monoisotopic (exact) mass is 309 g/mol. The summed E-state index contributed by atoms with van der Waals surface area (Å²) in [6, 6.07) is 0. The zero-order valence-electron chi connectivity index (χ0n) is 12.9. The highest BCUT2D eigenvalue weighted by atomic mass is 35.5. The van der Waals surface area contributed by atoms with Crippen molar-refractivity contribution in [2.24, 2.45) is 0 Å². The van der Waals surface area contributed by atoms with Gasteiger partial charge in [0.1, 0.15) is 5.52 Å². The molecule has 2 aromatic heterocycles. The first kappa shape index (κ1) is 16.0. The van der Waals surface area contributed by atoms with Gasteiger partial charge in [-0.2, -0.15) is 9.97 Å². The first-order chi connectivity index (χ1) is 10.3. The summed E-state index contributed by atoms with van der Waals surface area (Å²) in [5.41, 5.74) is 1.59. The highest BCUT2D eigenvalue weighted by Crippen LogP contribution is 2.21. The van der Waals surface area contributed by atoms with Gasteiger partial charge in [0.2, 0.25) is 5.28 Å². The number of imidazole rings is 1. The van der Waals surface area contributed by atoms with Crippen molar-refractivity contribution in [1.29, 1.82) is 0 Å². The molecule has 2 heterocycles. The number of rotatable bonds is 9. The van der Waals surface area contributed by atoms with Crippen LogP contribution in [0.15, 0.2) is 6.33 Å². The van der Waals surface area contributed by atoms with Gasteiger partial charge in [-0.1, -0.05) is 39.0 Å². The Morgan fingerprint density at radius 3 is 2.62 bits per heavy atom. The van der Waals surface area contributed by atoms with Gasteiger partial charge in [-0.05, 0) is 24.9 Å². The van der Waals surface area contributed by atoms with Crippen LogP contribution in [-0.4, -0.2) is 26.1 Å². The summed E-state index contributed by atoms with van der Waals surface area (Å²) in [5.74, 6) is 0.790. The second-order valence-corrected chi connectivity index (χ2v) is 5.58. The van der Waals surface area contributed by atoms with Gasteiger partial charge >= 0.3 is 0 Å². The molecule has 116 valence electrons. The van der Waals surface area contributed by atoms with Crippen LogP contribution in [0.3, 0.4) is 0 Å². The minimum atomic E-state index is 0.245. The molecule has 1 N–H and O–H groups in total. The van der Waals surface area contributed by atoms with Crippen LogP contribution in [0.5, 0.6) is 0 Å². The van der Waals surface area contributed by atoms with Gasteiger partial charge < -0.3 is 9.88 Å². The van der Waals surface area contributed by atoms with E-state index in [2.05, 4.69) is 34.1 Å². The van der Waals surface area contributed by atoms with Crippen LogP contribution in [-0.2, 0) is 6.54 Å². The smallest absolute Gasteiger partial charge is 0.226 e. The molecule has 6 heteroatoms. The molecule has 0 spiro atoms. The minimum Gasteiger partial charge on any atom is -0.368 e. The highest BCUT2D eigenvalue weighted by molar-refractivity contribution is 6.28. The molecule has 0 saturated carbocycles. The molecule has 2 rings (SSSR count). The van der Waals surface area contributed by atoms with E-state index in [0.29, 0.717) is 5.65 Å². The van der Waals surface area contributed by atoms with E-state index in [9.17, 15) is 0 Å². The van der Waals surface area contributed by atoms with E-state index in [1.54, 1.807) is 6.33 Å². The molecule has 0 atom stereocenters. The van der Waals surface area contributed by atoms with Crippen molar-refractivity contribution in [3.8, 4) is 0 Å². The molecule has 2 aromatic rings. The van der Waals surface area contributed by atoms with Crippen LogP contribution in [0, 0.1) is 0 Å². The third-order valence-electron chi connectivity index (χ3n) is 3.61. The number of aromatic nitrogens is 4. The zero-order valence-corrected chi connectivity index (χ0v) is 13.7. The Balaban J connectivity index is 1.93. The van der Waals surface area contributed by atoms with Gasteiger partial charge in [-0.15, -0.1) is 0 Å². The summed E-state index contributed by atoms with van der Waals surface area (Å²) in [5, 5.41) is 3.63. The van der Waals surface area contributed by atoms with Crippen LogP contribution in [0.1, 0.15) is 52.4 Å². The van der Waals surface area contributed by atoms with Gasteiger partial charge in [0, 0.05) is 13.1 Å². The molecule has 0 unspecified atom stereocenters. The number of nitrogens with zero attached hydrogens (tertiary/aromatic N) is 4. The lowest BCUT2D eigenvalue weighted by Crippen LogP contribution is -2.07. The molecule has 0 radical (unpaired) electrons. The van der Waals surface area contributed by atoms with Crippen molar-refractivity contribution in [2.75, 3.05) is 11.9 Å². The molecule has 0 aliphatic carbocycles. The molecule has 0 aromatic carbocycles. The van der Waals surface area contributed by atoms with Gasteiger partial charge in [0.05, 0.1) is 6.33 Å². The number of aryl methyl sites for hydroxylation is 1. The number of hydrogen-bond acceptors (Lipinski definition) is 4. The van der Waals surface area contributed by atoms with Gasteiger partial charge in [-0.25, -0.2) is 4.98 Å². The van der Waals surface area contributed by atoms with E-state index in [-0.39, 0.29) is 5.28 Å². The van der Waals surface area contributed by atoms with Crippen LogP contribution < -0.4 is 5.32 Å². The van der Waals surface area contributed by atoms with E-state index >= 15 is 0 Å². The SMILES string of the molecule is CCCCCCCCNc1nc(Cl)nc2ncn(CC)c12. The van der Waals surface area contributed by atoms with E-state index in [1.807, 2.05) is 4.57 Å². The molecular formula is C15H24ClN5. The summed E-state index contributed by atoms with van der Waals surface area (Å²) in [6.07, 6.45) is 9.45. The van der Waals surface area contributed by atoms with Crippen molar-refractivity contribution >= 4 is 28.6 Å². The Kier molecular flexibility index (Phi) is 6.23. The molecule has 0 aliphatic heterocycles. The van der Waals surface area contributed by atoms with E-state index in [1.165, 1.54) is 32.1 Å². The fourth-order valence-corrected chi connectivity index (χ4v) is 2.59. The first-order valence-corrected chi connectivity index (χ1v) is 8.26. The normalized spacial score (nSPS) is 11.2. The van der Waals surface area contributed by atoms with Crippen LogP contribution in [0.4, 0.5) is 5.82 Å². The maximum absolute atomic E-state index is 5.96. The Bertz CT molecular complexity index is 566. The molecule has 0 bridgehead atoms. The third-order valence-corrected chi connectivity index (χ3v) is 3.78. The Morgan fingerprint density at radius 1 is 1.10 bits per heavy atom. The Labute approximate surface area is 131 Å². The van der Waals surface area contributed by atoms with Crippen LogP contribution in [0.2, 0.25) is 5.28 Å². The zero-order chi connectivity index (χ0) is 15.1. The fraction of sp³-hybridized carbons (Fsp3) is 0.667. The van der Waals surface area contributed by atoms with Crippen molar-refractivity contribution in [3.05, 3.63) is 11.6 Å². The van der Waals surface area contributed by atoms with Gasteiger partial charge in [0.25, 0.3) is 0 Å². The molecule has 5 nitrogen and oxygen atoms in total. The first-order valence-electron chi connectivity index (χ1n) is 7.88. The average molecular weight is 310 g/mol. The summed E-state index contributed by atoms with van der Waals surface area (Å²) >= 11 is 5.96. The summed E-state index contributed by atoms with van der Waals surface area (Å²) in [7, 11) is 0. The number of hydrogen-bond donors (Lipinski definition) is 1. The Hall–Kier alpha value is -1.36. The lowest BCUT2D eigenvalue weighted by Gasteiger charge is -2.09. The van der Waals surface area contributed by atoms with E-state index in [0.717, 1.165) is 30.8 Å². The molecule has 0 aliphatic rings. The average Bonchev–Trinajstić information content (AvgIpc) is 2.89. The van der Waals surface area contributed by atoms with Crippen molar-refractivity contribution in [1.82, 2.24) is 19.5 Å². The van der Waals surface area contributed by atoms with Crippen molar-refractivity contribution in [2.45, 2.75) is 58.9 Å². The molecule has 0 amide bonds. The number of halogens is 1. The maximum atomic E-state index is 5.96. The summed E-state index contributed by atoms with van der Waals surface area (Å²) < 4.78 is 2.04. The summed E-state index contributed by atoms with van der Waals surface area (Å²) in [4.78, 5) is 12.8. The number of unbranched alkanes of at least 4 members (excludes halogenated alkanes) is 5. The standard InChI is InChI=1S/C15H24ClN5/c1-3-5-6-7-8-9-10-17-13-12-14(20-15(16)19-13)18-11-21(12)4-2/h11H,3-10H2,1-2H3,(H,17,19,20). The molecular weight excluding hydrogens is 286 g/mol. The second kappa shape index (κ2) is 8.17.